The van der Waals surface area contributed by atoms with E-state index < -0.39 is 10.0 Å². The summed E-state index contributed by atoms with van der Waals surface area (Å²) < 4.78 is 32.1. The van der Waals surface area contributed by atoms with Crippen LogP contribution in [0.2, 0.25) is 0 Å². The number of sulfonamides is 1. The number of benzene rings is 1. The molecule has 0 aliphatic carbocycles. The van der Waals surface area contributed by atoms with E-state index in [4.69, 9.17) is 10.5 Å². The Bertz CT molecular complexity index is 498. The van der Waals surface area contributed by atoms with Gasteiger partial charge in [-0.25, -0.2) is 8.42 Å². The highest BCUT2D eigenvalue weighted by molar-refractivity contribution is 7.89. The maximum atomic E-state index is 12.7. The summed E-state index contributed by atoms with van der Waals surface area (Å²) in [6, 6.07) is 9.61. The summed E-state index contributed by atoms with van der Waals surface area (Å²) in [4.78, 5) is 0. The maximum Gasteiger partial charge on any atom is 0.217 e. The van der Waals surface area contributed by atoms with Crippen molar-refractivity contribution < 1.29 is 13.2 Å². The van der Waals surface area contributed by atoms with Gasteiger partial charge in [-0.05, 0) is 18.4 Å². The molecule has 0 bridgehead atoms. The first-order valence-corrected chi connectivity index (χ1v) is 8.45. The van der Waals surface area contributed by atoms with Crippen LogP contribution < -0.4 is 5.73 Å². The molecule has 1 aromatic rings. The first-order chi connectivity index (χ1) is 9.64. The molecule has 1 aliphatic rings. The molecule has 5 nitrogen and oxygen atoms in total. The van der Waals surface area contributed by atoms with E-state index in [1.807, 2.05) is 30.3 Å². The lowest BCUT2D eigenvalue weighted by Gasteiger charge is -2.29. The van der Waals surface area contributed by atoms with Gasteiger partial charge in [0.2, 0.25) is 10.0 Å². The van der Waals surface area contributed by atoms with Gasteiger partial charge in [-0.15, -0.1) is 0 Å². The number of nitrogens with zero attached hydrogens (tertiary/aromatic N) is 1. The van der Waals surface area contributed by atoms with Gasteiger partial charge in [0.25, 0.3) is 0 Å². The summed E-state index contributed by atoms with van der Waals surface area (Å²) in [5.41, 5.74) is 6.56. The smallest absolute Gasteiger partial charge is 0.217 e. The second kappa shape index (κ2) is 7.17. The van der Waals surface area contributed by atoms with Crippen molar-refractivity contribution in [3.8, 4) is 0 Å². The molecule has 1 aliphatic heterocycles. The van der Waals surface area contributed by atoms with Crippen molar-refractivity contribution in [3.63, 3.8) is 0 Å². The molecular weight excluding hydrogens is 276 g/mol. The maximum absolute atomic E-state index is 12.7. The average Bonchev–Trinajstić information content (AvgIpc) is 2.49. The zero-order chi connectivity index (χ0) is 14.4. The van der Waals surface area contributed by atoms with Crippen LogP contribution in [-0.2, 0) is 21.3 Å². The molecule has 0 unspecified atom stereocenters. The highest BCUT2D eigenvalue weighted by Crippen LogP contribution is 2.21. The van der Waals surface area contributed by atoms with Crippen LogP contribution in [0.25, 0.3) is 0 Å². The highest BCUT2D eigenvalue weighted by Gasteiger charge is 2.32. The molecule has 0 spiro atoms. The normalized spacial score (nSPS) is 17.5. The number of hydrogen-bond donors (Lipinski definition) is 1. The first-order valence-electron chi connectivity index (χ1n) is 6.95. The second-order valence-corrected chi connectivity index (χ2v) is 7.18. The fraction of sp³-hybridized carbons (Fsp3) is 0.571. The lowest BCUT2D eigenvalue weighted by Crippen LogP contribution is -2.43. The van der Waals surface area contributed by atoms with Crippen LogP contribution in [0.15, 0.2) is 30.3 Å². The van der Waals surface area contributed by atoms with Gasteiger partial charge in [0, 0.05) is 32.8 Å². The van der Waals surface area contributed by atoms with Gasteiger partial charge in [0.1, 0.15) is 0 Å². The Morgan fingerprint density at radius 2 is 1.85 bits per heavy atom. The van der Waals surface area contributed by atoms with E-state index in [1.54, 1.807) is 0 Å². The lowest BCUT2D eigenvalue weighted by atomic mass is 10.2. The Morgan fingerprint density at radius 1 is 1.20 bits per heavy atom. The predicted octanol–water partition coefficient (Wildman–Crippen LogP) is 0.956. The van der Waals surface area contributed by atoms with Crippen molar-refractivity contribution in [2.45, 2.75) is 24.6 Å². The minimum Gasteiger partial charge on any atom is -0.381 e. The van der Waals surface area contributed by atoms with Crippen LogP contribution in [-0.4, -0.2) is 44.3 Å². The molecule has 0 atom stereocenters. The molecule has 1 aromatic carbocycles. The summed E-state index contributed by atoms with van der Waals surface area (Å²) in [7, 11) is -3.31. The third-order valence-corrected chi connectivity index (χ3v) is 5.88. The van der Waals surface area contributed by atoms with Gasteiger partial charge in [0.15, 0.2) is 0 Å². The summed E-state index contributed by atoms with van der Waals surface area (Å²) in [6.45, 7) is 2.11. The van der Waals surface area contributed by atoms with Crippen LogP contribution >= 0.6 is 0 Å². The van der Waals surface area contributed by atoms with E-state index in [1.165, 1.54) is 4.31 Å². The molecule has 0 aromatic heterocycles. The van der Waals surface area contributed by atoms with Gasteiger partial charge < -0.3 is 10.5 Å². The Labute approximate surface area is 120 Å². The van der Waals surface area contributed by atoms with Gasteiger partial charge >= 0.3 is 0 Å². The van der Waals surface area contributed by atoms with Gasteiger partial charge in [0.05, 0.1) is 5.25 Å². The third kappa shape index (κ3) is 3.79. The largest absolute Gasteiger partial charge is 0.381 e. The summed E-state index contributed by atoms with van der Waals surface area (Å²) >= 11 is 0. The minimum absolute atomic E-state index is 0.329. The third-order valence-electron chi connectivity index (χ3n) is 3.53. The van der Waals surface area contributed by atoms with Crippen molar-refractivity contribution in [1.29, 1.82) is 0 Å². The van der Waals surface area contributed by atoms with Crippen molar-refractivity contribution in [1.82, 2.24) is 4.31 Å². The molecule has 1 fully saturated rings. The molecule has 2 rings (SSSR count). The first kappa shape index (κ1) is 15.4. The van der Waals surface area contributed by atoms with Crippen molar-refractivity contribution in [2.24, 2.45) is 5.73 Å². The van der Waals surface area contributed by atoms with Crippen molar-refractivity contribution >= 4 is 10.0 Å². The molecule has 0 radical (unpaired) electrons. The highest BCUT2D eigenvalue weighted by atomic mass is 32.2. The molecular formula is C14H22N2O3S. The topological polar surface area (TPSA) is 72.6 Å². The Kier molecular flexibility index (Phi) is 5.54. The zero-order valence-corrected chi connectivity index (χ0v) is 12.4. The molecule has 0 amide bonds. The molecule has 1 saturated heterocycles. The van der Waals surface area contributed by atoms with E-state index >= 15 is 0 Å². The molecule has 112 valence electrons. The van der Waals surface area contributed by atoms with Crippen LogP contribution in [0.3, 0.4) is 0 Å². The van der Waals surface area contributed by atoms with Crippen molar-refractivity contribution in [2.75, 3.05) is 26.3 Å². The molecule has 1 heterocycles. The zero-order valence-electron chi connectivity index (χ0n) is 11.6. The lowest BCUT2D eigenvalue weighted by molar-refractivity contribution is 0.0971. The predicted molar refractivity (Wildman–Crippen MR) is 78.7 cm³/mol. The number of nitrogens with two attached hydrogens (primary N) is 1. The molecule has 20 heavy (non-hydrogen) atoms. The van der Waals surface area contributed by atoms with E-state index in [0.717, 1.165) is 5.56 Å². The second-order valence-electron chi connectivity index (χ2n) is 4.96. The van der Waals surface area contributed by atoms with Gasteiger partial charge in [-0.1, -0.05) is 30.3 Å². The van der Waals surface area contributed by atoms with E-state index in [2.05, 4.69) is 0 Å². The monoisotopic (exact) mass is 298 g/mol. The standard InChI is InChI=1S/C14H22N2O3S/c15-8-9-16(12-13-4-2-1-3-5-13)20(17,18)14-6-10-19-11-7-14/h1-5,14H,6-12,15H2. The van der Waals surface area contributed by atoms with Gasteiger partial charge in [-0.3, -0.25) is 0 Å². The average molecular weight is 298 g/mol. The summed E-state index contributed by atoms with van der Waals surface area (Å²) in [5.74, 6) is 0. The summed E-state index contributed by atoms with van der Waals surface area (Å²) in [6.07, 6.45) is 1.14. The minimum atomic E-state index is -3.31. The number of rotatable bonds is 6. The molecule has 2 N–H and O–H groups in total. The molecule has 6 heteroatoms. The van der Waals surface area contributed by atoms with Crippen LogP contribution in [0.5, 0.6) is 0 Å². The van der Waals surface area contributed by atoms with Crippen LogP contribution in [0.4, 0.5) is 0 Å². The van der Waals surface area contributed by atoms with Crippen LogP contribution in [0.1, 0.15) is 18.4 Å². The summed E-state index contributed by atoms with van der Waals surface area (Å²) in [5, 5.41) is -0.341. The molecule has 0 saturated carbocycles. The Hall–Kier alpha value is -0.950. The van der Waals surface area contributed by atoms with E-state index in [0.29, 0.717) is 45.7 Å². The fourth-order valence-corrected chi connectivity index (χ4v) is 4.31. The Balaban J connectivity index is 2.14. The SMILES string of the molecule is NCCN(Cc1ccccc1)S(=O)(=O)C1CCOCC1. The fourth-order valence-electron chi connectivity index (χ4n) is 2.41. The number of hydrogen-bond acceptors (Lipinski definition) is 4. The van der Waals surface area contributed by atoms with Crippen LogP contribution in [0, 0.1) is 0 Å². The van der Waals surface area contributed by atoms with E-state index in [9.17, 15) is 8.42 Å². The quantitative estimate of drug-likeness (QED) is 0.849. The van der Waals surface area contributed by atoms with Gasteiger partial charge in [-0.2, -0.15) is 4.31 Å². The number of ether oxygens (including phenoxy) is 1. The van der Waals surface area contributed by atoms with E-state index in [-0.39, 0.29) is 5.25 Å². The van der Waals surface area contributed by atoms with Crippen molar-refractivity contribution in [3.05, 3.63) is 35.9 Å². The Morgan fingerprint density at radius 3 is 2.45 bits per heavy atom.